The first kappa shape index (κ1) is 17.8. The van der Waals surface area contributed by atoms with Crippen LogP contribution in [0.15, 0.2) is 0 Å². The van der Waals surface area contributed by atoms with E-state index in [1.165, 1.54) is 4.90 Å². The number of carbonyl (C=O) groups excluding carboxylic acids is 3. The molecule has 0 spiro atoms. The summed E-state index contributed by atoms with van der Waals surface area (Å²) in [5.41, 5.74) is -0.592. The topological polar surface area (TPSA) is 88.2 Å². The van der Waals surface area contributed by atoms with Crippen LogP contribution >= 0.6 is 0 Å². The molecule has 0 radical (unpaired) electrons. The number of nitrogens with zero attached hydrogens (tertiary/aromatic N) is 2. The second-order valence-electron chi connectivity index (χ2n) is 7.97. The molecule has 3 amide bonds. The molecule has 1 saturated carbocycles. The lowest BCUT2D eigenvalue weighted by molar-refractivity contribution is -0.125. The Labute approximate surface area is 147 Å². The minimum atomic E-state index is -0.592. The summed E-state index contributed by atoms with van der Waals surface area (Å²) < 4.78 is 10.7. The molecule has 0 aromatic heterocycles. The highest BCUT2D eigenvalue weighted by atomic mass is 16.6. The lowest BCUT2D eigenvalue weighted by atomic mass is 10.2. The van der Waals surface area contributed by atoms with E-state index in [2.05, 4.69) is 5.32 Å². The van der Waals surface area contributed by atoms with Crippen molar-refractivity contribution in [2.24, 2.45) is 0 Å². The van der Waals surface area contributed by atoms with Crippen molar-refractivity contribution in [1.29, 1.82) is 0 Å². The molecule has 8 heteroatoms. The fourth-order valence-electron chi connectivity index (χ4n) is 3.24. The maximum Gasteiger partial charge on any atom is 0.410 e. The van der Waals surface area contributed by atoms with E-state index in [0.29, 0.717) is 25.6 Å². The molecular formula is C17H27N3O5. The molecule has 8 nitrogen and oxygen atoms in total. The first-order chi connectivity index (χ1) is 11.7. The molecule has 140 valence electrons. The molecular weight excluding hydrogens is 326 g/mol. The highest BCUT2D eigenvalue weighted by Crippen LogP contribution is 2.30. The minimum Gasteiger partial charge on any atom is -0.444 e. The van der Waals surface area contributed by atoms with Crippen molar-refractivity contribution in [2.45, 2.75) is 70.2 Å². The predicted molar refractivity (Wildman–Crippen MR) is 89.0 cm³/mol. The zero-order valence-corrected chi connectivity index (χ0v) is 15.1. The number of likely N-dealkylation sites (tertiary alicyclic amines) is 1. The molecule has 2 unspecified atom stereocenters. The van der Waals surface area contributed by atoms with Crippen LogP contribution in [0.25, 0.3) is 0 Å². The molecule has 3 aliphatic rings. The van der Waals surface area contributed by atoms with Crippen LogP contribution in [0.2, 0.25) is 0 Å². The maximum absolute atomic E-state index is 12.5. The van der Waals surface area contributed by atoms with Gasteiger partial charge in [-0.25, -0.2) is 9.59 Å². The van der Waals surface area contributed by atoms with E-state index in [0.717, 1.165) is 19.3 Å². The standard InChI is InChI=1S/C17H27N3O5/c1-17(2,3)25-16(23)19-8-4-5-13(19)14(21)18-9-12-10-20(11-6-7-11)15(22)24-12/h11-13H,4-10H2,1-3H3,(H,18,21). The highest BCUT2D eigenvalue weighted by molar-refractivity contribution is 5.86. The third kappa shape index (κ3) is 4.35. The SMILES string of the molecule is CC(C)(C)OC(=O)N1CCCC1C(=O)NCC1CN(C2CC2)C(=O)O1. The van der Waals surface area contributed by atoms with Crippen molar-refractivity contribution < 1.29 is 23.9 Å². The molecule has 0 aromatic rings. The van der Waals surface area contributed by atoms with Crippen molar-refractivity contribution in [1.82, 2.24) is 15.1 Å². The van der Waals surface area contributed by atoms with Crippen LogP contribution in [-0.2, 0) is 14.3 Å². The zero-order valence-electron chi connectivity index (χ0n) is 15.1. The van der Waals surface area contributed by atoms with Gasteiger partial charge in [0, 0.05) is 12.6 Å². The van der Waals surface area contributed by atoms with E-state index in [1.54, 1.807) is 25.7 Å². The molecule has 25 heavy (non-hydrogen) atoms. The summed E-state index contributed by atoms with van der Waals surface area (Å²) in [6, 6.07) is -0.211. The molecule has 3 rings (SSSR count). The van der Waals surface area contributed by atoms with E-state index in [1.807, 2.05) is 0 Å². The van der Waals surface area contributed by atoms with Crippen molar-refractivity contribution in [3.63, 3.8) is 0 Å². The first-order valence-corrected chi connectivity index (χ1v) is 8.99. The lowest BCUT2D eigenvalue weighted by Crippen LogP contribution is -2.49. The number of cyclic esters (lactones) is 1. The van der Waals surface area contributed by atoms with Gasteiger partial charge >= 0.3 is 12.2 Å². The number of ether oxygens (including phenoxy) is 2. The second kappa shape index (κ2) is 6.72. The van der Waals surface area contributed by atoms with Crippen LogP contribution in [0.5, 0.6) is 0 Å². The smallest absolute Gasteiger partial charge is 0.410 e. The van der Waals surface area contributed by atoms with E-state index >= 15 is 0 Å². The molecule has 2 heterocycles. The van der Waals surface area contributed by atoms with Gasteiger partial charge in [0.15, 0.2) is 0 Å². The maximum atomic E-state index is 12.5. The first-order valence-electron chi connectivity index (χ1n) is 8.99. The van der Waals surface area contributed by atoms with Crippen molar-refractivity contribution in [2.75, 3.05) is 19.6 Å². The van der Waals surface area contributed by atoms with Gasteiger partial charge in [-0.05, 0) is 46.5 Å². The van der Waals surface area contributed by atoms with Crippen molar-refractivity contribution in [3.8, 4) is 0 Å². The highest BCUT2D eigenvalue weighted by Gasteiger charge is 2.42. The van der Waals surface area contributed by atoms with Crippen molar-refractivity contribution >= 4 is 18.1 Å². The van der Waals surface area contributed by atoms with Gasteiger partial charge < -0.3 is 19.7 Å². The quantitative estimate of drug-likeness (QED) is 0.827. The Morgan fingerprint density at radius 3 is 2.64 bits per heavy atom. The third-order valence-electron chi connectivity index (χ3n) is 4.58. The Kier molecular flexibility index (Phi) is 4.79. The van der Waals surface area contributed by atoms with Gasteiger partial charge in [0.05, 0.1) is 13.1 Å². The average Bonchev–Trinajstić information content (AvgIpc) is 3.09. The van der Waals surface area contributed by atoms with Crippen LogP contribution < -0.4 is 5.32 Å². The van der Waals surface area contributed by atoms with Crippen LogP contribution in [0.1, 0.15) is 46.5 Å². The predicted octanol–water partition coefficient (Wildman–Crippen LogP) is 1.49. The van der Waals surface area contributed by atoms with E-state index in [-0.39, 0.29) is 24.6 Å². The number of nitrogens with one attached hydrogen (secondary N) is 1. The van der Waals surface area contributed by atoms with E-state index in [4.69, 9.17) is 9.47 Å². The Balaban J connectivity index is 1.49. The van der Waals surface area contributed by atoms with Gasteiger partial charge in [-0.2, -0.15) is 0 Å². The van der Waals surface area contributed by atoms with Gasteiger partial charge in [-0.3, -0.25) is 9.69 Å². The molecule has 2 aliphatic heterocycles. The summed E-state index contributed by atoms with van der Waals surface area (Å²) in [5, 5.41) is 2.82. The van der Waals surface area contributed by atoms with Crippen LogP contribution in [-0.4, -0.2) is 71.3 Å². The molecule has 0 bridgehead atoms. The van der Waals surface area contributed by atoms with Gasteiger partial charge in [0.25, 0.3) is 0 Å². The lowest BCUT2D eigenvalue weighted by Gasteiger charge is -2.28. The summed E-state index contributed by atoms with van der Waals surface area (Å²) >= 11 is 0. The number of hydrogen-bond acceptors (Lipinski definition) is 5. The summed E-state index contributed by atoms with van der Waals surface area (Å²) in [4.78, 5) is 39.7. The molecule has 1 aliphatic carbocycles. The Morgan fingerprint density at radius 2 is 2.00 bits per heavy atom. The number of amides is 3. The number of rotatable bonds is 4. The summed E-state index contributed by atoms with van der Waals surface area (Å²) in [6.07, 6.45) is 2.36. The third-order valence-corrected chi connectivity index (χ3v) is 4.58. The molecule has 3 fully saturated rings. The van der Waals surface area contributed by atoms with E-state index in [9.17, 15) is 14.4 Å². The molecule has 2 atom stereocenters. The monoisotopic (exact) mass is 353 g/mol. The van der Waals surface area contributed by atoms with Gasteiger partial charge in [0.2, 0.25) is 5.91 Å². The van der Waals surface area contributed by atoms with Gasteiger partial charge in [-0.15, -0.1) is 0 Å². The summed E-state index contributed by atoms with van der Waals surface area (Å²) in [6.45, 7) is 6.71. The van der Waals surface area contributed by atoms with Crippen LogP contribution in [0, 0.1) is 0 Å². The van der Waals surface area contributed by atoms with Gasteiger partial charge in [0.1, 0.15) is 17.7 Å². The fourth-order valence-corrected chi connectivity index (χ4v) is 3.24. The largest absolute Gasteiger partial charge is 0.444 e. The molecule has 0 aromatic carbocycles. The van der Waals surface area contributed by atoms with Gasteiger partial charge in [-0.1, -0.05) is 0 Å². The minimum absolute atomic E-state index is 0.218. The summed E-state index contributed by atoms with van der Waals surface area (Å²) in [7, 11) is 0. The summed E-state index contributed by atoms with van der Waals surface area (Å²) in [5.74, 6) is -0.218. The fraction of sp³-hybridized carbons (Fsp3) is 0.824. The Bertz CT molecular complexity index is 555. The average molecular weight is 353 g/mol. The molecule has 2 saturated heterocycles. The Hall–Kier alpha value is -1.99. The zero-order chi connectivity index (χ0) is 18.2. The Morgan fingerprint density at radius 1 is 1.28 bits per heavy atom. The molecule has 1 N–H and O–H groups in total. The number of hydrogen-bond donors (Lipinski definition) is 1. The normalized spacial score (nSPS) is 26.6. The number of carbonyl (C=O) groups is 3. The van der Waals surface area contributed by atoms with E-state index < -0.39 is 17.7 Å². The van der Waals surface area contributed by atoms with Crippen molar-refractivity contribution in [3.05, 3.63) is 0 Å². The second-order valence-corrected chi connectivity index (χ2v) is 7.97. The van der Waals surface area contributed by atoms with Crippen LogP contribution in [0.4, 0.5) is 9.59 Å². The van der Waals surface area contributed by atoms with Crippen LogP contribution in [0.3, 0.4) is 0 Å².